The molecule has 0 bridgehead atoms. The van der Waals surface area contributed by atoms with Crippen molar-refractivity contribution in [1.82, 2.24) is 9.88 Å². The Bertz CT molecular complexity index is 1490. The van der Waals surface area contributed by atoms with E-state index < -0.39 is 6.36 Å². The van der Waals surface area contributed by atoms with Gasteiger partial charge in [-0.15, -0.1) is 13.2 Å². The molecule has 1 aliphatic heterocycles. The molecule has 0 saturated carbocycles. The number of anilines is 1. The first-order valence-corrected chi connectivity index (χ1v) is 14.0. The zero-order valence-corrected chi connectivity index (χ0v) is 22.9. The van der Waals surface area contributed by atoms with Crippen molar-refractivity contribution < 1.29 is 27.1 Å². The van der Waals surface area contributed by atoms with E-state index in [0.717, 1.165) is 61.4 Å². The summed E-state index contributed by atoms with van der Waals surface area (Å²) in [6.07, 6.45) is -0.861. The van der Waals surface area contributed by atoms with Gasteiger partial charge in [0.2, 0.25) is 5.91 Å². The second-order valence-electron chi connectivity index (χ2n) is 10.5. The summed E-state index contributed by atoms with van der Waals surface area (Å²) in [5, 5.41) is 3.60. The van der Waals surface area contributed by atoms with Gasteiger partial charge in [-0.1, -0.05) is 19.1 Å². The summed E-state index contributed by atoms with van der Waals surface area (Å²) in [6.45, 7) is 4.57. The standard InChI is InChI=1S/C32H33F4N3O2/c1-2-30(40)37-25-6-3-5-23(19-25)21-14-17-39(18-15-21)16-4-7-27-28-20-26(41-32(34,35)36)12-13-29(28)38-31(27)22-8-10-24(33)11-9-22/h3,5-6,8-13,19-21,38H,2,4,7,14-18H2,1H3,(H,37,40). The van der Waals surface area contributed by atoms with Crippen molar-refractivity contribution in [2.75, 3.05) is 25.0 Å². The lowest BCUT2D eigenvalue weighted by atomic mass is 9.89. The van der Waals surface area contributed by atoms with Gasteiger partial charge in [0, 0.05) is 28.7 Å². The van der Waals surface area contributed by atoms with Crippen LogP contribution in [0.15, 0.2) is 66.7 Å². The van der Waals surface area contributed by atoms with E-state index in [1.54, 1.807) is 18.2 Å². The molecule has 0 unspecified atom stereocenters. The molecule has 5 nitrogen and oxygen atoms in total. The molecule has 1 saturated heterocycles. The number of benzene rings is 3. The molecule has 1 aliphatic rings. The Balaban J connectivity index is 1.26. The Morgan fingerprint density at radius 3 is 2.51 bits per heavy atom. The SMILES string of the molecule is CCC(=O)Nc1cccc(C2CCN(CCCc3c(-c4ccc(F)cc4)[nH]c4ccc(OC(F)(F)F)cc34)CC2)c1. The van der Waals surface area contributed by atoms with Gasteiger partial charge in [-0.05, 0) is 123 Å². The second-order valence-corrected chi connectivity index (χ2v) is 10.5. The Labute approximate surface area is 236 Å². The molecule has 216 valence electrons. The highest BCUT2D eigenvalue weighted by Gasteiger charge is 2.31. The third-order valence-electron chi connectivity index (χ3n) is 7.70. The monoisotopic (exact) mass is 567 g/mol. The van der Waals surface area contributed by atoms with E-state index in [-0.39, 0.29) is 17.5 Å². The fourth-order valence-corrected chi connectivity index (χ4v) is 5.64. The van der Waals surface area contributed by atoms with Gasteiger partial charge >= 0.3 is 6.36 Å². The molecule has 1 amide bonds. The Hall–Kier alpha value is -3.85. The molecule has 0 radical (unpaired) electrons. The number of H-pyrrole nitrogens is 1. The number of aryl methyl sites for hydroxylation is 1. The van der Waals surface area contributed by atoms with Crippen molar-refractivity contribution in [3.8, 4) is 17.0 Å². The van der Waals surface area contributed by atoms with E-state index in [2.05, 4.69) is 32.1 Å². The maximum absolute atomic E-state index is 13.6. The Morgan fingerprint density at radius 1 is 1.05 bits per heavy atom. The van der Waals surface area contributed by atoms with Crippen molar-refractivity contribution in [3.63, 3.8) is 0 Å². The van der Waals surface area contributed by atoms with Crippen LogP contribution in [0, 0.1) is 5.82 Å². The van der Waals surface area contributed by atoms with E-state index in [1.807, 2.05) is 19.1 Å². The minimum atomic E-state index is -4.78. The number of rotatable bonds is 9. The average Bonchev–Trinajstić information content (AvgIpc) is 3.30. The lowest BCUT2D eigenvalue weighted by Gasteiger charge is -2.32. The number of ether oxygens (including phenoxy) is 1. The van der Waals surface area contributed by atoms with E-state index in [9.17, 15) is 22.4 Å². The molecule has 0 spiro atoms. The first kappa shape index (κ1) is 28.7. The van der Waals surface area contributed by atoms with E-state index in [0.29, 0.717) is 29.7 Å². The zero-order chi connectivity index (χ0) is 29.0. The summed E-state index contributed by atoms with van der Waals surface area (Å²) < 4.78 is 56.4. The van der Waals surface area contributed by atoms with Crippen LogP contribution in [-0.4, -0.2) is 41.8 Å². The topological polar surface area (TPSA) is 57.4 Å². The quantitative estimate of drug-likeness (QED) is 0.201. The Kier molecular flexibility index (Phi) is 8.63. The minimum absolute atomic E-state index is 0.00106. The normalized spacial score (nSPS) is 14.9. The predicted octanol–water partition coefficient (Wildman–Crippen LogP) is 8.03. The average molecular weight is 568 g/mol. The van der Waals surface area contributed by atoms with Gasteiger partial charge in [0.15, 0.2) is 0 Å². The number of piperidine rings is 1. The number of nitrogens with one attached hydrogen (secondary N) is 2. The third kappa shape index (κ3) is 7.27. The number of halogens is 4. The van der Waals surface area contributed by atoms with Crippen molar-refractivity contribution in [3.05, 3.63) is 83.7 Å². The molecule has 41 heavy (non-hydrogen) atoms. The van der Waals surface area contributed by atoms with Crippen molar-refractivity contribution in [1.29, 1.82) is 0 Å². The first-order valence-electron chi connectivity index (χ1n) is 14.0. The summed E-state index contributed by atoms with van der Waals surface area (Å²) in [7, 11) is 0. The summed E-state index contributed by atoms with van der Waals surface area (Å²) >= 11 is 0. The van der Waals surface area contributed by atoms with Crippen LogP contribution in [0.4, 0.5) is 23.2 Å². The van der Waals surface area contributed by atoms with Crippen LogP contribution < -0.4 is 10.1 Å². The number of hydrogen-bond acceptors (Lipinski definition) is 3. The number of hydrogen-bond donors (Lipinski definition) is 2. The maximum atomic E-state index is 13.6. The van der Waals surface area contributed by atoms with Crippen molar-refractivity contribution >= 4 is 22.5 Å². The van der Waals surface area contributed by atoms with Gasteiger partial charge in [0.1, 0.15) is 11.6 Å². The van der Waals surface area contributed by atoms with Crippen LogP contribution in [0.2, 0.25) is 0 Å². The lowest BCUT2D eigenvalue weighted by molar-refractivity contribution is -0.274. The summed E-state index contributed by atoms with van der Waals surface area (Å²) in [5.41, 5.74) is 5.20. The number of aromatic amines is 1. The fraction of sp³-hybridized carbons (Fsp3) is 0.344. The third-order valence-corrected chi connectivity index (χ3v) is 7.70. The van der Waals surface area contributed by atoms with Crippen LogP contribution in [0.25, 0.3) is 22.2 Å². The lowest BCUT2D eigenvalue weighted by Crippen LogP contribution is -2.33. The molecule has 0 aliphatic carbocycles. The van der Waals surface area contributed by atoms with Crippen molar-refractivity contribution in [2.45, 2.75) is 51.3 Å². The van der Waals surface area contributed by atoms with Crippen LogP contribution in [-0.2, 0) is 11.2 Å². The van der Waals surface area contributed by atoms with Crippen LogP contribution in [0.1, 0.15) is 49.7 Å². The number of aromatic nitrogens is 1. The molecule has 1 aromatic heterocycles. The molecule has 2 N–H and O–H groups in total. The van der Waals surface area contributed by atoms with Gasteiger partial charge in [0.05, 0.1) is 0 Å². The van der Waals surface area contributed by atoms with E-state index in [1.165, 1.54) is 29.8 Å². The van der Waals surface area contributed by atoms with E-state index >= 15 is 0 Å². The number of alkyl halides is 3. The highest BCUT2D eigenvalue weighted by atomic mass is 19.4. The molecule has 3 aromatic carbocycles. The van der Waals surface area contributed by atoms with Crippen LogP contribution in [0.5, 0.6) is 5.75 Å². The number of fused-ring (bicyclic) bond motifs is 1. The molecular weight excluding hydrogens is 534 g/mol. The molecule has 0 atom stereocenters. The van der Waals surface area contributed by atoms with Crippen LogP contribution in [0.3, 0.4) is 0 Å². The number of carbonyl (C=O) groups is 1. The summed E-state index contributed by atoms with van der Waals surface area (Å²) in [4.78, 5) is 17.5. The summed E-state index contributed by atoms with van der Waals surface area (Å²) in [6, 6.07) is 18.5. The second kappa shape index (κ2) is 12.3. The smallest absolute Gasteiger partial charge is 0.406 e. The van der Waals surface area contributed by atoms with Gasteiger partial charge < -0.3 is 19.9 Å². The number of nitrogens with zero attached hydrogens (tertiary/aromatic N) is 1. The Morgan fingerprint density at radius 2 is 1.80 bits per heavy atom. The first-order chi connectivity index (χ1) is 19.7. The van der Waals surface area contributed by atoms with E-state index in [4.69, 9.17) is 0 Å². The molecular formula is C32H33F4N3O2. The van der Waals surface area contributed by atoms with Crippen LogP contribution >= 0.6 is 0 Å². The maximum Gasteiger partial charge on any atom is 0.573 e. The highest BCUT2D eigenvalue weighted by Crippen LogP contribution is 2.35. The van der Waals surface area contributed by atoms with Gasteiger partial charge in [-0.25, -0.2) is 4.39 Å². The molecule has 5 rings (SSSR count). The minimum Gasteiger partial charge on any atom is -0.406 e. The predicted molar refractivity (Wildman–Crippen MR) is 152 cm³/mol. The molecule has 2 heterocycles. The zero-order valence-electron chi connectivity index (χ0n) is 22.9. The van der Waals surface area contributed by atoms with Gasteiger partial charge in [0.25, 0.3) is 0 Å². The van der Waals surface area contributed by atoms with Gasteiger partial charge in [-0.3, -0.25) is 4.79 Å². The molecule has 9 heteroatoms. The number of amides is 1. The summed E-state index contributed by atoms with van der Waals surface area (Å²) in [5.74, 6) is -0.196. The molecule has 1 fully saturated rings. The van der Waals surface area contributed by atoms with Crippen molar-refractivity contribution in [2.24, 2.45) is 0 Å². The largest absolute Gasteiger partial charge is 0.573 e. The highest BCUT2D eigenvalue weighted by molar-refractivity contribution is 5.92. The fourth-order valence-electron chi connectivity index (χ4n) is 5.64. The number of carbonyl (C=O) groups excluding carboxylic acids is 1. The number of likely N-dealkylation sites (tertiary alicyclic amines) is 1. The van der Waals surface area contributed by atoms with Gasteiger partial charge in [-0.2, -0.15) is 0 Å². The molecule has 4 aromatic rings.